The van der Waals surface area contributed by atoms with Crippen LogP contribution in [0, 0.1) is 0 Å². The minimum atomic E-state index is -0.0450. The largest absolute Gasteiger partial charge is 0.289 e. The van der Waals surface area contributed by atoms with Crippen molar-refractivity contribution < 1.29 is 9.59 Å². The van der Waals surface area contributed by atoms with E-state index in [2.05, 4.69) is 6.58 Å². The van der Waals surface area contributed by atoms with E-state index in [-0.39, 0.29) is 11.6 Å². The molecule has 0 amide bonds. The summed E-state index contributed by atoms with van der Waals surface area (Å²) in [5, 5.41) is 0. The Balaban J connectivity index is 2.58. The van der Waals surface area contributed by atoms with Crippen LogP contribution >= 0.6 is 0 Å². The van der Waals surface area contributed by atoms with Crippen LogP contribution < -0.4 is 0 Å². The summed E-state index contributed by atoms with van der Waals surface area (Å²) < 4.78 is 0. The Morgan fingerprint density at radius 2 is 1.65 bits per heavy atom. The van der Waals surface area contributed by atoms with Gasteiger partial charge >= 0.3 is 0 Å². The third-order valence-electron chi connectivity index (χ3n) is 2.96. The van der Waals surface area contributed by atoms with Gasteiger partial charge < -0.3 is 0 Å². The van der Waals surface area contributed by atoms with Gasteiger partial charge in [-0.25, -0.2) is 0 Å². The SMILES string of the molecule is C=C(C)CC1=C(C)C(=O)c2ccccc2C1=O. The molecule has 0 fully saturated rings. The molecule has 0 unspecified atom stereocenters. The Morgan fingerprint density at radius 1 is 1.12 bits per heavy atom. The molecule has 1 aromatic rings. The summed E-state index contributed by atoms with van der Waals surface area (Å²) in [6, 6.07) is 6.97. The number of rotatable bonds is 2. The maximum Gasteiger partial charge on any atom is 0.190 e. The molecule has 0 bridgehead atoms. The fourth-order valence-corrected chi connectivity index (χ4v) is 2.07. The lowest BCUT2D eigenvalue weighted by Crippen LogP contribution is -2.20. The third-order valence-corrected chi connectivity index (χ3v) is 2.96. The van der Waals surface area contributed by atoms with Crippen LogP contribution in [-0.4, -0.2) is 11.6 Å². The zero-order valence-corrected chi connectivity index (χ0v) is 10.0. The molecule has 86 valence electrons. The molecular weight excluding hydrogens is 212 g/mol. The Bertz CT molecular complexity index is 562. The fraction of sp³-hybridized carbons (Fsp3) is 0.200. The summed E-state index contributed by atoms with van der Waals surface area (Å²) in [5.41, 5.74) is 3.05. The maximum atomic E-state index is 12.3. The van der Waals surface area contributed by atoms with E-state index >= 15 is 0 Å². The van der Waals surface area contributed by atoms with Crippen molar-refractivity contribution in [2.24, 2.45) is 0 Å². The summed E-state index contributed by atoms with van der Waals surface area (Å²) in [5.74, 6) is -0.0860. The van der Waals surface area contributed by atoms with Crippen LogP contribution in [0.25, 0.3) is 0 Å². The van der Waals surface area contributed by atoms with E-state index in [1.165, 1.54) is 0 Å². The van der Waals surface area contributed by atoms with E-state index < -0.39 is 0 Å². The highest BCUT2D eigenvalue weighted by Crippen LogP contribution is 2.29. The number of ketones is 2. The second-order valence-electron chi connectivity index (χ2n) is 4.44. The van der Waals surface area contributed by atoms with Crippen LogP contribution in [0.3, 0.4) is 0 Å². The molecule has 0 heterocycles. The molecule has 2 rings (SSSR count). The highest BCUT2D eigenvalue weighted by Gasteiger charge is 2.28. The van der Waals surface area contributed by atoms with Crippen molar-refractivity contribution in [2.75, 3.05) is 0 Å². The van der Waals surface area contributed by atoms with E-state index in [0.29, 0.717) is 28.7 Å². The van der Waals surface area contributed by atoms with Gasteiger partial charge in [0.2, 0.25) is 0 Å². The number of fused-ring (bicyclic) bond motifs is 1. The molecule has 2 nitrogen and oxygen atoms in total. The van der Waals surface area contributed by atoms with Crippen molar-refractivity contribution in [1.82, 2.24) is 0 Å². The number of Topliss-reactive ketones (excluding diaryl/α,β-unsaturated/α-hetero) is 2. The van der Waals surface area contributed by atoms with Crippen LogP contribution in [0.5, 0.6) is 0 Å². The molecule has 1 aromatic carbocycles. The average Bonchev–Trinajstić information content (AvgIpc) is 2.31. The standard InChI is InChI=1S/C15H14O2/c1-9(2)8-13-10(3)14(16)11-6-4-5-7-12(11)15(13)17/h4-7H,1,8H2,2-3H3. The summed E-state index contributed by atoms with van der Waals surface area (Å²) in [6.45, 7) is 7.38. The van der Waals surface area contributed by atoms with Gasteiger partial charge in [-0.1, -0.05) is 36.4 Å². The van der Waals surface area contributed by atoms with Crippen molar-refractivity contribution >= 4 is 11.6 Å². The highest BCUT2D eigenvalue weighted by atomic mass is 16.1. The smallest absolute Gasteiger partial charge is 0.190 e. The first-order chi connectivity index (χ1) is 8.02. The third kappa shape index (κ3) is 1.86. The van der Waals surface area contributed by atoms with E-state index in [1.807, 2.05) is 6.92 Å². The average molecular weight is 226 g/mol. The van der Waals surface area contributed by atoms with Crippen LogP contribution in [0.1, 0.15) is 41.0 Å². The molecule has 0 aliphatic heterocycles. The molecule has 1 aliphatic carbocycles. The summed E-state index contributed by atoms with van der Waals surface area (Å²) in [6.07, 6.45) is 0.477. The van der Waals surface area contributed by atoms with Crippen LogP contribution in [0.4, 0.5) is 0 Å². The fourth-order valence-electron chi connectivity index (χ4n) is 2.07. The number of carbonyl (C=O) groups is 2. The van der Waals surface area contributed by atoms with Gasteiger partial charge in [0, 0.05) is 22.3 Å². The van der Waals surface area contributed by atoms with Crippen molar-refractivity contribution in [2.45, 2.75) is 20.3 Å². The molecule has 0 N–H and O–H groups in total. The van der Waals surface area contributed by atoms with E-state index in [0.717, 1.165) is 5.57 Å². The molecule has 0 saturated carbocycles. The van der Waals surface area contributed by atoms with Gasteiger partial charge in [-0.05, 0) is 20.3 Å². The van der Waals surface area contributed by atoms with Crippen molar-refractivity contribution in [1.29, 1.82) is 0 Å². The first-order valence-corrected chi connectivity index (χ1v) is 5.55. The Hall–Kier alpha value is -1.96. The number of allylic oxidation sites excluding steroid dienone is 3. The first-order valence-electron chi connectivity index (χ1n) is 5.55. The van der Waals surface area contributed by atoms with Crippen LogP contribution in [0.2, 0.25) is 0 Å². The Morgan fingerprint density at radius 3 is 2.18 bits per heavy atom. The minimum absolute atomic E-state index is 0.0410. The maximum absolute atomic E-state index is 12.3. The lowest BCUT2D eigenvalue weighted by Gasteiger charge is -2.18. The summed E-state index contributed by atoms with van der Waals surface area (Å²) >= 11 is 0. The zero-order valence-electron chi connectivity index (χ0n) is 10.0. The van der Waals surface area contributed by atoms with Gasteiger partial charge in [0.1, 0.15) is 0 Å². The van der Waals surface area contributed by atoms with E-state index in [9.17, 15) is 9.59 Å². The highest BCUT2D eigenvalue weighted by molar-refractivity contribution is 6.26. The quantitative estimate of drug-likeness (QED) is 0.725. The molecule has 1 aliphatic rings. The molecule has 2 heteroatoms. The Kier molecular flexibility index (Phi) is 2.80. The molecule has 0 spiro atoms. The number of hydrogen-bond donors (Lipinski definition) is 0. The van der Waals surface area contributed by atoms with Crippen LogP contribution in [-0.2, 0) is 0 Å². The van der Waals surface area contributed by atoms with Gasteiger partial charge in [0.25, 0.3) is 0 Å². The number of carbonyl (C=O) groups excluding carboxylic acids is 2. The zero-order chi connectivity index (χ0) is 12.6. The Labute approximate surface area is 101 Å². The van der Waals surface area contributed by atoms with E-state index in [4.69, 9.17) is 0 Å². The predicted molar refractivity (Wildman–Crippen MR) is 67.2 cm³/mol. The van der Waals surface area contributed by atoms with Gasteiger partial charge in [-0.15, -0.1) is 0 Å². The van der Waals surface area contributed by atoms with Crippen molar-refractivity contribution in [3.63, 3.8) is 0 Å². The summed E-state index contributed by atoms with van der Waals surface area (Å²) in [7, 11) is 0. The van der Waals surface area contributed by atoms with E-state index in [1.54, 1.807) is 31.2 Å². The molecule has 0 aromatic heterocycles. The number of benzene rings is 1. The van der Waals surface area contributed by atoms with Crippen molar-refractivity contribution in [3.8, 4) is 0 Å². The summed E-state index contributed by atoms with van der Waals surface area (Å²) in [4.78, 5) is 24.4. The minimum Gasteiger partial charge on any atom is -0.289 e. The molecular formula is C15H14O2. The molecule has 17 heavy (non-hydrogen) atoms. The normalized spacial score (nSPS) is 14.9. The van der Waals surface area contributed by atoms with Crippen molar-refractivity contribution in [3.05, 3.63) is 58.7 Å². The molecule has 0 saturated heterocycles. The van der Waals surface area contributed by atoms with Crippen LogP contribution in [0.15, 0.2) is 47.6 Å². The van der Waals surface area contributed by atoms with Gasteiger partial charge in [0.05, 0.1) is 0 Å². The number of hydrogen-bond acceptors (Lipinski definition) is 2. The predicted octanol–water partition coefficient (Wildman–Crippen LogP) is 3.35. The topological polar surface area (TPSA) is 34.1 Å². The van der Waals surface area contributed by atoms with Gasteiger partial charge in [0.15, 0.2) is 11.6 Å². The molecule has 0 atom stereocenters. The lowest BCUT2D eigenvalue weighted by atomic mass is 9.82. The molecule has 0 radical (unpaired) electrons. The second kappa shape index (κ2) is 4.13. The van der Waals surface area contributed by atoms with Gasteiger partial charge in [-0.3, -0.25) is 9.59 Å². The second-order valence-corrected chi connectivity index (χ2v) is 4.44. The lowest BCUT2D eigenvalue weighted by molar-refractivity contribution is 0.0973. The monoisotopic (exact) mass is 226 g/mol. The first kappa shape index (κ1) is 11.5. The van der Waals surface area contributed by atoms with Gasteiger partial charge in [-0.2, -0.15) is 0 Å².